The number of carbonyl (C=O) groups is 1. The van der Waals surface area contributed by atoms with Crippen molar-refractivity contribution < 1.29 is 14.3 Å². The molecule has 0 N–H and O–H groups in total. The maximum absolute atomic E-state index is 12.4. The number of ether oxygens (including phenoxy) is 2. The van der Waals surface area contributed by atoms with E-state index in [-0.39, 0.29) is 0 Å². The van der Waals surface area contributed by atoms with Crippen molar-refractivity contribution in [1.82, 2.24) is 0 Å². The van der Waals surface area contributed by atoms with E-state index in [2.05, 4.69) is 18.0 Å². The molecule has 162 valence electrons. The predicted molar refractivity (Wildman–Crippen MR) is 126 cm³/mol. The second kappa shape index (κ2) is 12.1. The van der Waals surface area contributed by atoms with E-state index in [9.17, 15) is 4.79 Å². The first kappa shape index (κ1) is 22.8. The maximum Gasteiger partial charge on any atom is 0.343 e. The van der Waals surface area contributed by atoms with Crippen molar-refractivity contribution >= 4 is 17.9 Å². The maximum atomic E-state index is 12.4. The summed E-state index contributed by atoms with van der Waals surface area (Å²) >= 11 is 0. The van der Waals surface area contributed by atoms with Crippen LogP contribution < -0.4 is 9.47 Å². The number of carbonyl (C=O) groups excluding carboxylic acids is 1. The van der Waals surface area contributed by atoms with Gasteiger partial charge in [-0.05, 0) is 78.2 Å². The van der Waals surface area contributed by atoms with Crippen molar-refractivity contribution in [2.24, 2.45) is 4.99 Å². The van der Waals surface area contributed by atoms with Gasteiger partial charge in [-0.1, -0.05) is 31.9 Å². The molecule has 5 nitrogen and oxygen atoms in total. The molecule has 0 fully saturated rings. The van der Waals surface area contributed by atoms with E-state index < -0.39 is 5.97 Å². The molecule has 0 aliphatic carbocycles. The van der Waals surface area contributed by atoms with Crippen LogP contribution in [0, 0.1) is 11.3 Å². The van der Waals surface area contributed by atoms with Crippen molar-refractivity contribution in [3.63, 3.8) is 0 Å². The second-order valence-corrected chi connectivity index (χ2v) is 7.30. The third-order valence-electron chi connectivity index (χ3n) is 4.78. The molecule has 32 heavy (non-hydrogen) atoms. The molecule has 3 rings (SSSR count). The summed E-state index contributed by atoms with van der Waals surface area (Å²) in [5.74, 6) is 0.801. The molecule has 3 aromatic carbocycles. The number of unbranched alkanes of at least 4 members (excludes halogenated alkanes) is 2. The molecular weight excluding hydrogens is 400 g/mol. The molecule has 0 aliphatic rings. The molecule has 0 heterocycles. The lowest BCUT2D eigenvalue weighted by atomic mass is 10.1. The van der Waals surface area contributed by atoms with Gasteiger partial charge in [0.25, 0.3) is 0 Å². The Kier molecular flexibility index (Phi) is 8.59. The Bertz CT molecular complexity index is 1060. The van der Waals surface area contributed by atoms with E-state index in [4.69, 9.17) is 14.7 Å². The molecule has 5 heteroatoms. The van der Waals surface area contributed by atoms with Gasteiger partial charge in [0.1, 0.15) is 11.5 Å². The van der Waals surface area contributed by atoms with Crippen LogP contribution in [-0.4, -0.2) is 18.8 Å². The van der Waals surface area contributed by atoms with Gasteiger partial charge in [0.2, 0.25) is 0 Å². The number of hydrogen-bond donors (Lipinski definition) is 0. The Hall–Kier alpha value is -3.91. The summed E-state index contributed by atoms with van der Waals surface area (Å²) in [6.45, 7) is 2.83. The fourth-order valence-corrected chi connectivity index (χ4v) is 2.96. The Balaban J connectivity index is 1.52. The van der Waals surface area contributed by atoms with E-state index in [0.717, 1.165) is 41.8 Å². The molecule has 0 unspecified atom stereocenters. The van der Waals surface area contributed by atoms with Crippen LogP contribution in [0.2, 0.25) is 0 Å². The molecule has 3 aromatic rings. The summed E-state index contributed by atoms with van der Waals surface area (Å²) in [6.07, 6.45) is 5.45. The molecule has 0 bridgehead atoms. The van der Waals surface area contributed by atoms with Crippen LogP contribution in [0.15, 0.2) is 77.8 Å². The van der Waals surface area contributed by atoms with Crippen molar-refractivity contribution in [3.8, 4) is 17.6 Å². The third-order valence-corrected chi connectivity index (χ3v) is 4.78. The van der Waals surface area contributed by atoms with Gasteiger partial charge in [-0.25, -0.2) is 4.79 Å². The lowest BCUT2D eigenvalue weighted by Crippen LogP contribution is -2.08. The Morgan fingerprint density at radius 2 is 1.62 bits per heavy atom. The third kappa shape index (κ3) is 7.10. The van der Waals surface area contributed by atoms with Crippen molar-refractivity contribution in [2.75, 3.05) is 6.61 Å². The van der Waals surface area contributed by atoms with Crippen LogP contribution in [0.5, 0.6) is 11.5 Å². The van der Waals surface area contributed by atoms with Crippen LogP contribution >= 0.6 is 0 Å². The predicted octanol–water partition coefficient (Wildman–Crippen LogP) is 6.29. The number of rotatable bonds is 10. The topological polar surface area (TPSA) is 71.7 Å². The van der Waals surface area contributed by atoms with Gasteiger partial charge in [0.15, 0.2) is 0 Å². The second-order valence-electron chi connectivity index (χ2n) is 7.30. The molecular formula is C27H26N2O3. The highest BCUT2D eigenvalue weighted by Crippen LogP contribution is 2.18. The minimum atomic E-state index is -0.415. The molecule has 0 amide bonds. The fourth-order valence-electron chi connectivity index (χ4n) is 2.96. The zero-order chi connectivity index (χ0) is 22.6. The largest absolute Gasteiger partial charge is 0.494 e. The summed E-state index contributed by atoms with van der Waals surface area (Å²) in [4.78, 5) is 16.8. The first-order valence-corrected chi connectivity index (χ1v) is 10.7. The quantitative estimate of drug-likeness (QED) is 0.165. The van der Waals surface area contributed by atoms with Gasteiger partial charge in [0, 0.05) is 6.21 Å². The van der Waals surface area contributed by atoms with Gasteiger partial charge in [-0.3, -0.25) is 4.99 Å². The molecule has 0 saturated carbocycles. The standard InChI is InChI=1S/C27H26N2O3/c1-2-3-4-19-31-25-15-9-23(10-16-25)27(30)32-26-13-7-22(8-14-26)20-29-24-11-5-21(6-12-24)17-18-28/h5-16,20H,2-4,17,19H2,1H3. The van der Waals surface area contributed by atoms with Gasteiger partial charge >= 0.3 is 5.97 Å². The molecule has 0 aromatic heterocycles. The summed E-state index contributed by atoms with van der Waals surface area (Å²) in [5.41, 5.74) is 3.12. The SMILES string of the molecule is CCCCCOc1ccc(C(=O)Oc2ccc(C=Nc3ccc(CC#N)cc3)cc2)cc1. The lowest BCUT2D eigenvalue weighted by molar-refractivity contribution is 0.0734. The molecule has 0 spiro atoms. The average molecular weight is 427 g/mol. The smallest absolute Gasteiger partial charge is 0.343 e. The monoisotopic (exact) mass is 426 g/mol. The zero-order valence-corrected chi connectivity index (χ0v) is 18.2. The molecule has 0 radical (unpaired) electrons. The Morgan fingerprint density at radius 3 is 2.28 bits per heavy atom. The summed E-state index contributed by atoms with van der Waals surface area (Å²) in [5, 5.41) is 8.72. The first-order chi connectivity index (χ1) is 15.7. The van der Waals surface area contributed by atoms with Crippen LogP contribution in [0.4, 0.5) is 5.69 Å². The lowest BCUT2D eigenvalue weighted by Gasteiger charge is -2.07. The van der Waals surface area contributed by atoms with Crippen LogP contribution in [-0.2, 0) is 6.42 Å². The molecule has 0 aliphatic heterocycles. The van der Waals surface area contributed by atoms with Crippen molar-refractivity contribution in [3.05, 3.63) is 89.5 Å². The van der Waals surface area contributed by atoms with Crippen LogP contribution in [0.25, 0.3) is 0 Å². The first-order valence-electron chi connectivity index (χ1n) is 10.7. The van der Waals surface area contributed by atoms with E-state index >= 15 is 0 Å². The normalized spacial score (nSPS) is 10.6. The van der Waals surface area contributed by atoms with E-state index in [1.807, 2.05) is 36.4 Å². The number of nitrogens with zero attached hydrogens (tertiary/aromatic N) is 2. The summed E-state index contributed by atoms with van der Waals surface area (Å²) < 4.78 is 11.1. The van der Waals surface area contributed by atoms with Crippen LogP contribution in [0.3, 0.4) is 0 Å². The highest BCUT2D eigenvalue weighted by atomic mass is 16.5. The molecule has 0 saturated heterocycles. The Labute approximate surface area is 189 Å². The Morgan fingerprint density at radius 1 is 0.938 bits per heavy atom. The summed E-state index contributed by atoms with van der Waals surface area (Å²) in [7, 11) is 0. The highest BCUT2D eigenvalue weighted by molar-refractivity contribution is 5.91. The van der Waals surface area contributed by atoms with Gasteiger partial charge in [0.05, 0.1) is 30.3 Å². The zero-order valence-electron chi connectivity index (χ0n) is 18.2. The number of nitriles is 1. The van der Waals surface area contributed by atoms with E-state index in [1.54, 1.807) is 42.6 Å². The minimum absolute atomic E-state index is 0.390. The van der Waals surface area contributed by atoms with Crippen molar-refractivity contribution in [1.29, 1.82) is 5.26 Å². The van der Waals surface area contributed by atoms with E-state index in [1.165, 1.54) is 0 Å². The van der Waals surface area contributed by atoms with Crippen molar-refractivity contribution in [2.45, 2.75) is 32.6 Å². The number of aliphatic imine (C=N–C) groups is 1. The van der Waals surface area contributed by atoms with Crippen LogP contribution in [0.1, 0.15) is 47.7 Å². The van der Waals surface area contributed by atoms with Gasteiger partial charge < -0.3 is 9.47 Å². The van der Waals surface area contributed by atoms with Gasteiger partial charge in [-0.15, -0.1) is 0 Å². The summed E-state index contributed by atoms with van der Waals surface area (Å²) in [6, 6.07) is 23.8. The van der Waals surface area contributed by atoms with Gasteiger partial charge in [-0.2, -0.15) is 5.26 Å². The number of hydrogen-bond acceptors (Lipinski definition) is 5. The minimum Gasteiger partial charge on any atom is -0.494 e. The number of benzene rings is 3. The highest BCUT2D eigenvalue weighted by Gasteiger charge is 2.09. The number of esters is 1. The van der Waals surface area contributed by atoms with E-state index in [0.29, 0.717) is 24.3 Å². The molecule has 0 atom stereocenters. The fraction of sp³-hybridized carbons (Fsp3) is 0.222. The average Bonchev–Trinajstić information content (AvgIpc) is 2.83.